The van der Waals surface area contributed by atoms with Crippen LogP contribution < -0.4 is 10.2 Å². The molecule has 0 unspecified atom stereocenters. The molecule has 134 valence electrons. The smallest absolute Gasteiger partial charge is 0.225 e. The first-order valence-electron chi connectivity index (χ1n) is 9.39. The third kappa shape index (κ3) is 2.97. The van der Waals surface area contributed by atoms with Gasteiger partial charge in [0.1, 0.15) is 0 Å². The van der Waals surface area contributed by atoms with Crippen molar-refractivity contribution < 1.29 is 4.79 Å². The molecule has 0 aliphatic carbocycles. The number of nitrogens with one attached hydrogen (secondary N) is 1. The largest absolute Gasteiger partial charge is 0.371 e. The Morgan fingerprint density at radius 1 is 1.27 bits per heavy atom. The van der Waals surface area contributed by atoms with Crippen LogP contribution in [0.4, 0.5) is 5.69 Å². The Balaban J connectivity index is 1.36. The van der Waals surface area contributed by atoms with E-state index in [0.717, 1.165) is 43.5 Å². The highest BCUT2D eigenvalue weighted by Crippen LogP contribution is 2.37. The van der Waals surface area contributed by atoms with Gasteiger partial charge in [-0.1, -0.05) is 12.1 Å². The van der Waals surface area contributed by atoms with Crippen LogP contribution in [0.2, 0.25) is 0 Å². The van der Waals surface area contributed by atoms with E-state index in [2.05, 4.69) is 22.5 Å². The lowest BCUT2D eigenvalue weighted by atomic mass is 9.95. The fraction of sp³-hybridized carbons (Fsp3) is 0.550. The number of anilines is 1. The van der Waals surface area contributed by atoms with Crippen molar-refractivity contribution in [2.24, 2.45) is 5.92 Å². The third-order valence-corrected chi connectivity index (χ3v) is 6.10. The van der Waals surface area contributed by atoms with Gasteiger partial charge in [0.2, 0.25) is 5.91 Å². The molecule has 1 aromatic carbocycles. The van der Waals surface area contributed by atoms with Crippen molar-refractivity contribution in [1.82, 2.24) is 10.2 Å². The lowest BCUT2D eigenvalue weighted by molar-refractivity contribution is -0.125. The molecule has 1 N–H and O–H groups in total. The molecule has 3 fully saturated rings. The van der Waals surface area contributed by atoms with Gasteiger partial charge in [0, 0.05) is 24.8 Å². The number of carbonyl (C=O) groups excluding carboxylic acids is 1. The maximum atomic E-state index is 12.7. The minimum absolute atomic E-state index is 0.00992. The molecular weight excluding hydrogens is 326 g/mol. The van der Waals surface area contributed by atoms with E-state index in [9.17, 15) is 10.1 Å². The highest BCUT2D eigenvalue weighted by Gasteiger charge is 2.47. The molecule has 26 heavy (non-hydrogen) atoms. The number of carbonyl (C=O) groups is 1. The summed E-state index contributed by atoms with van der Waals surface area (Å²) in [4.78, 5) is 16.8. The zero-order valence-corrected chi connectivity index (χ0v) is 14.8. The van der Waals surface area contributed by atoms with E-state index in [-0.39, 0.29) is 23.9 Å². The molecule has 4 atom stereocenters. The number of rotatable bonds is 4. The van der Waals surface area contributed by atoms with Crippen LogP contribution in [0.25, 0.3) is 0 Å². The zero-order chi connectivity index (χ0) is 18.1. The van der Waals surface area contributed by atoms with Crippen molar-refractivity contribution >= 4 is 11.6 Å². The van der Waals surface area contributed by atoms with Crippen LogP contribution in [0.15, 0.2) is 24.3 Å². The second-order valence-corrected chi connectivity index (χ2v) is 7.59. The van der Waals surface area contributed by atoms with Crippen LogP contribution in [0.5, 0.6) is 0 Å². The molecule has 0 saturated carbocycles. The van der Waals surface area contributed by atoms with Gasteiger partial charge in [-0.3, -0.25) is 4.79 Å². The molecule has 3 heterocycles. The van der Waals surface area contributed by atoms with Gasteiger partial charge < -0.3 is 15.1 Å². The van der Waals surface area contributed by atoms with E-state index >= 15 is 0 Å². The van der Waals surface area contributed by atoms with Gasteiger partial charge in [0.25, 0.3) is 0 Å². The molecule has 0 spiro atoms. The SMILES string of the molecule is N#CCc1cccc(N2CC[C@H](C(=O)N[C@@H]3C[C@@H]4CC[C@H]3N4C#N)C2)c1. The van der Waals surface area contributed by atoms with E-state index in [1.54, 1.807) is 0 Å². The van der Waals surface area contributed by atoms with Crippen LogP contribution in [0.3, 0.4) is 0 Å². The topological polar surface area (TPSA) is 83.2 Å². The molecule has 3 saturated heterocycles. The predicted octanol–water partition coefficient (Wildman–Crippen LogP) is 1.78. The lowest BCUT2D eigenvalue weighted by Gasteiger charge is -2.24. The summed E-state index contributed by atoms with van der Waals surface area (Å²) in [5, 5.41) is 21.4. The third-order valence-electron chi connectivity index (χ3n) is 6.10. The van der Waals surface area contributed by atoms with Gasteiger partial charge in [-0.2, -0.15) is 10.5 Å². The molecule has 2 bridgehead atoms. The van der Waals surface area contributed by atoms with Gasteiger partial charge >= 0.3 is 0 Å². The second-order valence-electron chi connectivity index (χ2n) is 7.59. The fourth-order valence-corrected chi connectivity index (χ4v) is 4.76. The monoisotopic (exact) mass is 349 g/mol. The molecule has 4 rings (SSSR count). The number of nitriles is 2. The fourth-order valence-electron chi connectivity index (χ4n) is 4.76. The summed E-state index contributed by atoms with van der Waals surface area (Å²) >= 11 is 0. The predicted molar refractivity (Wildman–Crippen MR) is 96.9 cm³/mol. The van der Waals surface area contributed by atoms with Gasteiger partial charge in [-0.25, -0.2) is 0 Å². The van der Waals surface area contributed by atoms with E-state index in [1.807, 2.05) is 29.2 Å². The molecule has 1 aromatic rings. The number of amides is 1. The Morgan fingerprint density at radius 3 is 2.92 bits per heavy atom. The van der Waals surface area contributed by atoms with Crippen LogP contribution in [0, 0.1) is 28.7 Å². The first-order valence-corrected chi connectivity index (χ1v) is 9.39. The van der Waals surface area contributed by atoms with Crippen LogP contribution in [0.1, 0.15) is 31.2 Å². The van der Waals surface area contributed by atoms with Gasteiger partial charge in [0.05, 0.1) is 30.5 Å². The average molecular weight is 349 g/mol. The van der Waals surface area contributed by atoms with Crippen molar-refractivity contribution in [2.75, 3.05) is 18.0 Å². The number of fused-ring (bicyclic) bond motifs is 2. The van der Waals surface area contributed by atoms with Crippen molar-refractivity contribution in [3.63, 3.8) is 0 Å². The molecule has 0 radical (unpaired) electrons. The summed E-state index contributed by atoms with van der Waals surface area (Å²) < 4.78 is 0. The Labute approximate surface area is 154 Å². The maximum absolute atomic E-state index is 12.7. The Bertz CT molecular complexity index is 779. The number of benzene rings is 1. The summed E-state index contributed by atoms with van der Waals surface area (Å²) in [6.45, 7) is 1.57. The number of hydrogen-bond donors (Lipinski definition) is 1. The first-order chi connectivity index (χ1) is 12.7. The minimum Gasteiger partial charge on any atom is -0.371 e. The minimum atomic E-state index is -0.00992. The highest BCUT2D eigenvalue weighted by molar-refractivity contribution is 5.80. The van der Waals surface area contributed by atoms with Gasteiger partial charge in [-0.15, -0.1) is 0 Å². The summed E-state index contributed by atoms with van der Waals surface area (Å²) in [6, 6.07) is 10.8. The molecule has 6 heteroatoms. The quantitative estimate of drug-likeness (QED) is 0.838. The zero-order valence-electron chi connectivity index (χ0n) is 14.8. The number of hydrogen-bond acceptors (Lipinski definition) is 5. The van der Waals surface area contributed by atoms with Crippen molar-refractivity contribution in [3.8, 4) is 12.3 Å². The summed E-state index contributed by atoms with van der Waals surface area (Å²) in [7, 11) is 0. The molecule has 0 aromatic heterocycles. The molecule has 6 nitrogen and oxygen atoms in total. The van der Waals surface area contributed by atoms with Crippen LogP contribution >= 0.6 is 0 Å². The molecular formula is C20H23N5O. The van der Waals surface area contributed by atoms with Gasteiger partial charge in [0.15, 0.2) is 6.19 Å². The van der Waals surface area contributed by atoms with Crippen LogP contribution in [-0.2, 0) is 11.2 Å². The standard InChI is InChI=1S/C20H23N5O/c21-8-6-14-2-1-3-16(10-14)24-9-7-15(12-24)20(26)23-18-11-17-4-5-19(18)25(17)13-22/h1-3,10,15,17-19H,4-7,9,11-12H2,(H,23,26)/t15-,17-,18+,19+/m0/s1. The lowest BCUT2D eigenvalue weighted by Crippen LogP contribution is -2.46. The van der Waals surface area contributed by atoms with Crippen molar-refractivity contribution in [2.45, 2.75) is 50.2 Å². The average Bonchev–Trinajstić information content (AvgIpc) is 3.36. The van der Waals surface area contributed by atoms with Crippen LogP contribution in [-0.4, -0.2) is 42.0 Å². The van der Waals surface area contributed by atoms with Gasteiger partial charge in [-0.05, 0) is 43.4 Å². The summed E-state index contributed by atoms with van der Waals surface area (Å²) in [5.74, 6) is 0.111. The van der Waals surface area contributed by atoms with Crippen molar-refractivity contribution in [1.29, 1.82) is 10.5 Å². The maximum Gasteiger partial charge on any atom is 0.225 e. The summed E-state index contributed by atoms with van der Waals surface area (Å²) in [6.07, 6.45) is 6.52. The highest BCUT2D eigenvalue weighted by atomic mass is 16.2. The van der Waals surface area contributed by atoms with E-state index in [1.165, 1.54) is 0 Å². The number of nitrogens with zero attached hydrogens (tertiary/aromatic N) is 4. The van der Waals surface area contributed by atoms with E-state index < -0.39 is 0 Å². The molecule has 3 aliphatic heterocycles. The summed E-state index contributed by atoms with van der Waals surface area (Å²) in [5.41, 5.74) is 2.10. The normalized spacial score (nSPS) is 29.5. The molecule has 1 amide bonds. The second kappa shape index (κ2) is 6.88. The van der Waals surface area contributed by atoms with E-state index in [0.29, 0.717) is 19.0 Å². The Morgan fingerprint density at radius 2 is 2.15 bits per heavy atom. The first kappa shape index (κ1) is 16.7. The Hall–Kier alpha value is -2.73. The van der Waals surface area contributed by atoms with E-state index in [4.69, 9.17) is 5.26 Å². The van der Waals surface area contributed by atoms with Crippen molar-refractivity contribution in [3.05, 3.63) is 29.8 Å². The molecule has 3 aliphatic rings. The Kier molecular flexibility index (Phi) is 4.42.